The summed E-state index contributed by atoms with van der Waals surface area (Å²) in [5, 5.41) is 9.57. The second-order valence-corrected chi connectivity index (χ2v) is 6.78. The third-order valence-electron chi connectivity index (χ3n) is 4.95. The van der Waals surface area contributed by atoms with Crippen LogP contribution in [0, 0.1) is 5.82 Å². The molecule has 146 valence electrons. The van der Waals surface area contributed by atoms with Gasteiger partial charge in [0.25, 0.3) is 5.91 Å². The highest BCUT2D eigenvalue weighted by molar-refractivity contribution is 5.85. The molecule has 2 aromatic rings. The lowest BCUT2D eigenvalue weighted by atomic mass is 9.92. The normalized spacial score (nSPS) is 18.4. The van der Waals surface area contributed by atoms with Gasteiger partial charge in [-0.2, -0.15) is 13.2 Å². The summed E-state index contributed by atoms with van der Waals surface area (Å²) >= 11 is 0. The number of piperidine rings is 1. The number of amides is 1. The molecule has 0 radical (unpaired) electrons. The van der Waals surface area contributed by atoms with Crippen LogP contribution in [-0.4, -0.2) is 50.3 Å². The number of benzene rings is 1. The zero-order chi connectivity index (χ0) is 19.8. The second kappa shape index (κ2) is 6.95. The van der Waals surface area contributed by atoms with Crippen LogP contribution in [0.15, 0.2) is 36.8 Å². The summed E-state index contributed by atoms with van der Waals surface area (Å²) in [7, 11) is 0. The van der Waals surface area contributed by atoms with Crippen molar-refractivity contribution in [3.05, 3.63) is 48.3 Å². The number of aliphatic hydroxyl groups is 1. The predicted octanol–water partition coefficient (Wildman–Crippen LogP) is 3.03. The Kier molecular flexibility index (Phi) is 4.98. The summed E-state index contributed by atoms with van der Waals surface area (Å²) in [5.41, 5.74) is -2.34. The quantitative estimate of drug-likeness (QED) is 0.827. The van der Waals surface area contributed by atoms with Gasteiger partial charge in [-0.1, -0.05) is 12.1 Å². The van der Waals surface area contributed by atoms with Crippen LogP contribution in [-0.2, 0) is 4.79 Å². The van der Waals surface area contributed by atoms with Crippen LogP contribution in [0.25, 0.3) is 5.69 Å². The van der Waals surface area contributed by atoms with Crippen LogP contribution in [0.1, 0.15) is 31.4 Å². The van der Waals surface area contributed by atoms with Gasteiger partial charge in [0.1, 0.15) is 5.82 Å². The number of hydrogen-bond donors (Lipinski definition) is 1. The maximum absolute atomic E-state index is 14.1. The van der Waals surface area contributed by atoms with E-state index in [1.807, 2.05) is 0 Å². The SMILES string of the molecule is C[C@@](O)(C(=O)N1CCC(c2cncn2-c2ccccc2F)CC1)C(F)(F)F. The number of carbonyl (C=O) groups is 1. The van der Waals surface area contributed by atoms with Crippen LogP contribution in [0.4, 0.5) is 17.6 Å². The molecule has 0 bridgehead atoms. The zero-order valence-corrected chi connectivity index (χ0v) is 14.6. The lowest BCUT2D eigenvalue weighted by Crippen LogP contribution is -2.57. The molecule has 1 aromatic carbocycles. The van der Waals surface area contributed by atoms with E-state index in [2.05, 4.69) is 4.98 Å². The highest BCUT2D eigenvalue weighted by atomic mass is 19.4. The van der Waals surface area contributed by atoms with Gasteiger partial charge in [-0.3, -0.25) is 4.79 Å². The van der Waals surface area contributed by atoms with E-state index in [4.69, 9.17) is 0 Å². The van der Waals surface area contributed by atoms with E-state index in [1.54, 1.807) is 29.0 Å². The van der Waals surface area contributed by atoms with Crippen molar-refractivity contribution in [1.82, 2.24) is 14.5 Å². The number of hydrogen-bond acceptors (Lipinski definition) is 3. The van der Waals surface area contributed by atoms with Gasteiger partial charge in [0.15, 0.2) is 0 Å². The monoisotopic (exact) mass is 385 g/mol. The molecule has 1 saturated heterocycles. The molecule has 1 atom stereocenters. The summed E-state index contributed by atoms with van der Waals surface area (Å²) in [5.74, 6) is -1.85. The van der Waals surface area contributed by atoms with Crippen LogP contribution >= 0.6 is 0 Å². The first-order valence-corrected chi connectivity index (χ1v) is 8.48. The predicted molar refractivity (Wildman–Crippen MR) is 88.8 cm³/mol. The maximum atomic E-state index is 14.1. The molecule has 5 nitrogen and oxygen atoms in total. The first-order valence-electron chi connectivity index (χ1n) is 8.48. The van der Waals surface area contributed by atoms with Crippen molar-refractivity contribution >= 4 is 5.91 Å². The summed E-state index contributed by atoms with van der Waals surface area (Å²) < 4.78 is 54.3. The summed E-state index contributed by atoms with van der Waals surface area (Å²) in [6.07, 6.45) is -1.18. The zero-order valence-electron chi connectivity index (χ0n) is 14.6. The largest absolute Gasteiger partial charge is 0.426 e. The van der Waals surface area contributed by atoms with Crippen molar-refractivity contribution in [2.24, 2.45) is 0 Å². The van der Waals surface area contributed by atoms with E-state index in [0.29, 0.717) is 25.5 Å². The number of para-hydroxylation sites is 1. The fourth-order valence-electron chi connectivity index (χ4n) is 3.26. The van der Waals surface area contributed by atoms with Gasteiger partial charge in [0.2, 0.25) is 5.60 Å². The molecule has 1 fully saturated rings. The number of imidazole rings is 1. The minimum absolute atomic E-state index is 0.0676. The molecular weight excluding hydrogens is 366 g/mol. The van der Waals surface area contributed by atoms with Crippen molar-refractivity contribution in [3.8, 4) is 5.69 Å². The molecule has 0 aliphatic carbocycles. The molecule has 0 unspecified atom stereocenters. The van der Waals surface area contributed by atoms with E-state index in [9.17, 15) is 27.5 Å². The Morgan fingerprint density at radius 2 is 1.85 bits per heavy atom. The van der Waals surface area contributed by atoms with Crippen molar-refractivity contribution in [2.45, 2.75) is 37.5 Å². The number of alkyl halides is 3. The molecule has 2 heterocycles. The Morgan fingerprint density at radius 3 is 2.44 bits per heavy atom. The van der Waals surface area contributed by atoms with Gasteiger partial charge in [-0.15, -0.1) is 0 Å². The van der Waals surface area contributed by atoms with Crippen molar-refractivity contribution in [1.29, 1.82) is 0 Å². The van der Waals surface area contributed by atoms with E-state index < -0.39 is 23.5 Å². The molecule has 0 spiro atoms. The molecule has 1 aromatic heterocycles. The average molecular weight is 385 g/mol. The fraction of sp³-hybridized carbons (Fsp3) is 0.444. The van der Waals surface area contributed by atoms with E-state index in [-0.39, 0.29) is 19.0 Å². The number of aromatic nitrogens is 2. The van der Waals surface area contributed by atoms with Crippen molar-refractivity contribution in [2.75, 3.05) is 13.1 Å². The minimum atomic E-state index is -5.04. The molecule has 1 amide bonds. The van der Waals surface area contributed by atoms with Crippen LogP contribution in [0.3, 0.4) is 0 Å². The number of halogens is 4. The van der Waals surface area contributed by atoms with Gasteiger partial charge in [0.05, 0.1) is 12.0 Å². The molecule has 3 rings (SSSR count). The van der Waals surface area contributed by atoms with Gasteiger partial charge < -0.3 is 14.6 Å². The Bertz CT molecular complexity index is 824. The van der Waals surface area contributed by atoms with Gasteiger partial charge >= 0.3 is 6.18 Å². The molecule has 0 saturated carbocycles. The Hall–Kier alpha value is -2.42. The molecule has 1 N–H and O–H groups in total. The van der Waals surface area contributed by atoms with Crippen molar-refractivity contribution in [3.63, 3.8) is 0 Å². The summed E-state index contributed by atoms with van der Waals surface area (Å²) in [4.78, 5) is 17.2. The topological polar surface area (TPSA) is 58.4 Å². The lowest BCUT2D eigenvalue weighted by Gasteiger charge is -2.36. The lowest BCUT2D eigenvalue weighted by molar-refractivity contribution is -0.250. The highest BCUT2D eigenvalue weighted by Crippen LogP contribution is 2.35. The number of nitrogens with zero attached hydrogens (tertiary/aromatic N) is 3. The summed E-state index contributed by atoms with van der Waals surface area (Å²) in [6.45, 7) is 0.602. The second-order valence-electron chi connectivity index (χ2n) is 6.78. The van der Waals surface area contributed by atoms with E-state index in [0.717, 1.165) is 10.6 Å². The smallest absolute Gasteiger partial charge is 0.373 e. The van der Waals surface area contributed by atoms with Gasteiger partial charge in [-0.25, -0.2) is 9.37 Å². The third kappa shape index (κ3) is 3.55. The average Bonchev–Trinajstić information content (AvgIpc) is 3.10. The Balaban J connectivity index is 1.74. The number of likely N-dealkylation sites (tertiary alicyclic amines) is 1. The number of rotatable bonds is 3. The highest BCUT2D eigenvalue weighted by Gasteiger charge is 2.57. The maximum Gasteiger partial charge on any atom is 0.426 e. The minimum Gasteiger partial charge on any atom is -0.373 e. The third-order valence-corrected chi connectivity index (χ3v) is 4.95. The van der Waals surface area contributed by atoms with Gasteiger partial charge in [0, 0.05) is 30.9 Å². The fourth-order valence-corrected chi connectivity index (χ4v) is 3.26. The van der Waals surface area contributed by atoms with Crippen molar-refractivity contribution < 1.29 is 27.5 Å². The number of carbonyl (C=O) groups excluding carboxylic acids is 1. The molecule has 1 aliphatic heterocycles. The van der Waals surface area contributed by atoms with Crippen LogP contribution < -0.4 is 0 Å². The first-order chi connectivity index (χ1) is 12.6. The molecule has 27 heavy (non-hydrogen) atoms. The molecular formula is C18H19F4N3O2. The summed E-state index contributed by atoms with van der Waals surface area (Å²) in [6, 6.07) is 6.22. The Morgan fingerprint density at radius 1 is 1.22 bits per heavy atom. The van der Waals surface area contributed by atoms with Crippen LogP contribution in [0.2, 0.25) is 0 Å². The van der Waals surface area contributed by atoms with Crippen LogP contribution in [0.5, 0.6) is 0 Å². The first kappa shape index (κ1) is 19.3. The molecule has 1 aliphatic rings. The Labute approximate surface area is 153 Å². The van der Waals surface area contributed by atoms with Gasteiger partial charge in [-0.05, 0) is 31.9 Å². The van der Waals surface area contributed by atoms with E-state index in [1.165, 1.54) is 12.4 Å². The van der Waals surface area contributed by atoms with E-state index >= 15 is 0 Å². The standard InChI is InChI=1S/C18H19F4N3O2/c1-17(27,18(20,21)22)16(26)24-8-6-12(7-9-24)15-10-23-11-25(15)14-5-3-2-4-13(14)19/h2-5,10-12,27H,6-9H2,1H3/t17-/m1/s1. The molecule has 9 heteroatoms.